The molecule has 3 rings (SSSR count). The molecule has 2 aromatic heterocycles. The second-order valence-corrected chi connectivity index (χ2v) is 7.03. The average molecular weight is 356 g/mol. The molecule has 4 nitrogen and oxygen atoms in total. The summed E-state index contributed by atoms with van der Waals surface area (Å²) in [5.74, 6) is 0. The summed E-state index contributed by atoms with van der Waals surface area (Å²) in [6.45, 7) is 4.82. The monoisotopic (exact) mass is 355 g/mol. The molecule has 0 aliphatic heterocycles. The van der Waals surface area contributed by atoms with Crippen LogP contribution in [-0.4, -0.2) is 28.0 Å². The Morgan fingerprint density at radius 2 is 2.08 bits per heavy atom. The van der Waals surface area contributed by atoms with Crippen molar-refractivity contribution in [2.24, 2.45) is 0 Å². The van der Waals surface area contributed by atoms with Crippen molar-refractivity contribution in [2.45, 2.75) is 32.9 Å². The predicted octanol–water partition coefficient (Wildman–Crippen LogP) is 3.95. The molecule has 5 heteroatoms. The summed E-state index contributed by atoms with van der Waals surface area (Å²) in [5, 5.41) is 1.60. The highest BCUT2D eigenvalue weighted by Crippen LogP contribution is 2.18. The van der Waals surface area contributed by atoms with E-state index in [9.17, 15) is 4.79 Å². The van der Waals surface area contributed by atoms with E-state index in [0.717, 1.165) is 28.6 Å². The summed E-state index contributed by atoms with van der Waals surface area (Å²) in [6.07, 6.45) is 2.68. The van der Waals surface area contributed by atoms with Gasteiger partial charge in [-0.3, -0.25) is 14.7 Å². The first-order chi connectivity index (χ1) is 11.9. The first-order valence-electron chi connectivity index (χ1n) is 8.36. The van der Waals surface area contributed by atoms with Crippen LogP contribution in [0.2, 0.25) is 5.02 Å². The van der Waals surface area contributed by atoms with E-state index in [1.807, 2.05) is 37.5 Å². The van der Waals surface area contributed by atoms with Crippen LogP contribution in [0.15, 0.2) is 47.4 Å². The topological polar surface area (TPSA) is 49.0 Å². The molecule has 25 heavy (non-hydrogen) atoms. The van der Waals surface area contributed by atoms with Crippen molar-refractivity contribution in [1.82, 2.24) is 14.9 Å². The fourth-order valence-electron chi connectivity index (χ4n) is 2.93. The Hall–Kier alpha value is -2.17. The van der Waals surface area contributed by atoms with Gasteiger partial charge in [-0.25, -0.2) is 0 Å². The van der Waals surface area contributed by atoms with Crippen LogP contribution < -0.4 is 5.56 Å². The van der Waals surface area contributed by atoms with E-state index in [4.69, 9.17) is 11.6 Å². The minimum absolute atomic E-state index is 0.0668. The second-order valence-electron chi connectivity index (χ2n) is 6.59. The van der Waals surface area contributed by atoms with Gasteiger partial charge in [0.15, 0.2) is 0 Å². The second kappa shape index (κ2) is 7.38. The zero-order valence-electron chi connectivity index (χ0n) is 14.7. The van der Waals surface area contributed by atoms with Gasteiger partial charge in [-0.05, 0) is 56.1 Å². The SMILES string of the molecule is Cc1cccnc1C[C@@H](C)N(C)Cc1cc2ccc(Cl)cc2[nH]c1=O. The molecular formula is C20H22ClN3O. The number of fused-ring (bicyclic) bond motifs is 1. The highest BCUT2D eigenvalue weighted by atomic mass is 35.5. The van der Waals surface area contributed by atoms with Crippen molar-refractivity contribution in [3.63, 3.8) is 0 Å². The molecule has 3 aromatic rings. The molecule has 0 saturated carbocycles. The number of hydrogen-bond acceptors (Lipinski definition) is 3. The first kappa shape index (κ1) is 17.6. The van der Waals surface area contributed by atoms with Crippen LogP contribution in [0.1, 0.15) is 23.7 Å². The molecule has 0 fully saturated rings. The summed E-state index contributed by atoms with van der Waals surface area (Å²) in [5.41, 5.74) is 3.75. The van der Waals surface area contributed by atoms with Crippen LogP contribution >= 0.6 is 11.6 Å². The lowest BCUT2D eigenvalue weighted by atomic mass is 10.1. The number of likely N-dealkylation sites (N-methyl/N-ethyl adjacent to an activating group) is 1. The number of hydrogen-bond donors (Lipinski definition) is 1. The standard InChI is InChI=1S/C20H22ClN3O/c1-13-5-4-8-22-18(13)9-14(2)24(3)12-16-10-15-6-7-17(21)11-19(15)23-20(16)25/h4-8,10-11,14H,9,12H2,1-3H3,(H,23,25)/t14-/m1/s1. The smallest absolute Gasteiger partial charge is 0.252 e. The van der Waals surface area contributed by atoms with E-state index >= 15 is 0 Å². The number of H-pyrrole nitrogens is 1. The van der Waals surface area contributed by atoms with Crippen molar-refractivity contribution in [3.8, 4) is 0 Å². The van der Waals surface area contributed by atoms with Crippen molar-refractivity contribution in [1.29, 1.82) is 0 Å². The van der Waals surface area contributed by atoms with Gasteiger partial charge in [0.2, 0.25) is 0 Å². The van der Waals surface area contributed by atoms with Gasteiger partial charge in [0.05, 0.1) is 0 Å². The highest BCUT2D eigenvalue weighted by molar-refractivity contribution is 6.31. The molecule has 0 saturated heterocycles. The maximum atomic E-state index is 12.4. The molecule has 1 atom stereocenters. The number of aromatic amines is 1. The van der Waals surface area contributed by atoms with Gasteiger partial charge in [-0.1, -0.05) is 23.7 Å². The molecule has 0 radical (unpaired) electrons. The summed E-state index contributed by atoms with van der Waals surface area (Å²) in [6, 6.07) is 11.8. The molecule has 0 aliphatic rings. The van der Waals surface area contributed by atoms with Crippen LogP contribution in [-0.2, 0) is 13.0 Å². The third-order valence-electron chi connectivity index (χ3n) is 4.66. The van der Waals surface area contributed by atoms with Crippen LogP contribution in [0.25, 0.3) is 10.9 Å². The van der Waals surface area contributed by atoms with Gasteiger partial charge in [0.1, 0.15) is 0 Å². The summed E-state index contributed by atoms with van der Waals surface area (Å²) in [4.78, 5) is 21.9. The van der Waals surface area contributed by atoms with E-state index in [-0.39, 0.29) is 11.6 Å². The van der Waals surface area contributed by atoms with E-state index in [1.165, 1.54) is 5.56 Å². The van der Waals surface area contributed by atoms with Crippen molar-refractivity contribution in [2.75, 3.05) is 7.05 Å². The molecule has 0 bridgehead atoms. The third kappa shape index (κ3) is 4.09. The lowest BCUT2D eigenvalue weighted by Crippen LogP contribution is -2.33. The quantitative estimate of drug-likeness (QED) is 0.754. The van der Waals surface area contributed by atoms with Gasteiger partial charge < -0.3 is 4.98 Å². The van der Waals surface area contributed by atoms with E-state index < -0.39 is 0 Å². The number of benzene rings is 1. The minimum atomic E-state index is -0.0668. The maximum Gasteiger partial charge on any atom is 0.252 e. The Bertz CT molecular complexity index is 951. The normalized spacial score (nSPS) is 12.7. The largest absolute Gasteiger partial charge is 0.322 e. The number of rotatable bonds is 5. The molecule has 0 unspecified atom stereocenters. The number of halogens is 1. The summed E-state index contributed by atoms with van der Waals surface area (Å²) < 4.78 is 0. The number of aromatic nitrogens is 2. The predicted molar refractivity (Wildman–Crippen MR) is 103 cm³/mol. The Kier molecular flexibility index (Phi) is 5.21. The Labute approximate surface area is 152 Å². The first-order valence-corrected chi connectivity index (χ1v) is 8.74. The summed E-state index contributed by atoms with van der Waals surface area (Å²) >= 11 is 5.99. The fraction of sp³-hybridized carbons (Fsp3) is 0.300. The van der Waals surface area contributed by atoms with Crippen molar-refractivity contribution < 1.29 is 0 Å². The molecular weight excluding hydrogens is 334 g/mol. The molecule has 2 heterocycles. The number of nitrogens with one attached hydrogen (secondary N) is 1. The highest BCUT2D eigenvalue weighted by Gasteiger charge is 2.14. The lowest BCUT2D eigenvalue weighted by molar-refractivity contribution is 0.246. The summed E-state index contributed by atoms with van der Waals surface area (Å²) in [7, 11) is 2.04. The molecule has 130 valence electrons. The zero-order chi connectivity index (χ0) is 18.0. The fourth-order valence-corrected chi connectivity index (χ4v) is 3.10. The van der Waals surface area contributed by atoms with Gasteiger partial charge in [0.25, 0.3) is 5.56 Å². The van der Waals surface area contributed by atoms with Crippen molar-refractivity contribution >= 4 is 22.5 Å². The number of pyridine rings is 2. The Balaban J connectivity index is 1.78. The molecule has 1 aromatic carbocycles. The zero-order valence-corrected chi connectivity index (χ0v) is 15.5. The van der Waals surface area contributed by atoms with Crippen LogP contribution in [0.3, 0.4) is 0 Å². The van der Waals surface area contributed by atoms with Gasteiger partial charge in [0, 0.05) is 47.0 Å². The minimum Gasteiger partial charge on any atom is -0.322 e. The van der Waals surface area contributed by atoms with Crippen LogP contribution in [0.4, 0.5) is 0 Å². The van der Waals surface area contributed by atoms with E-state index in [0.29, 0.717) is 11.6 Å². The average Bonchev–Trinajstić information content (AvgIpc) is 2.57. The molecule has 0 amide bonds. The van der Waals surface area contributed by atoms with Crippen LogP contribution in [0.5, 0.6) is 0 Å². The third-order valence-corrected chi connectivity index (χ3v) is 4.90. The van der Waals surface area contributed by atoms with E-state index in [2.05, 4.69) is 34.8 Å². The van der Waals surface area contributed by atoms with Gasteiger partial charge >= 0.3 is 0 Å². The Morgan fingerprint density at radius 1 is 1.28 bits per heavy atom. The van der Waals surface area contributed by atoms with E-state index in [1.54, 1.807) is 6.07 Å². The molecule has 0 spiro atoms. The molecule has 1 N–H and O–H groups in total. The van der Waals surface area contributed by atoms with Crippen molar-refractivity contribution in [3.05, 3.63) is 74.8 Å². The number of nitrogens with zero attached hydrogens (tertiary/aromatic N) is 2. The lowest BCUT2D eigenvalue weighted by Gasteiger charge is -2.24. The maximum absolute atomic E-state index is 12.4. The van der Waals surface area contributed by atoms with Crippen LogP contribution in [0, 0.1) is 6.92 Å². The Morgan fingerprint density at radius 3 is 2.84 bits per heavy atom. The molecule has 0 aliphatic carbocycles. The van der Waals surface area contributed by atoms with Gasteiger partial charge in [-0.15, -0.1) is 0 Å². The van der Waals surface area contributed by atoms with Gasteiger partial charge in [-0.2, -0.15) is 0 Å². The number of aryl methyl sites for hydroxylation is 1.